The van der Waals surface area contributed by atoms with Gasteiger partial charge in [0.1, 0.15) is 0 Å². The largest absolute Gasteiger partial charge is 0.628 e. The van der Waals surface area contributed by atoms with E-state index in [1.807, 2.05) is 0 Å². The Morgan fingerprint density at radius 3 is 2.86 bits per heavy atom. The van der Waals surface area contributed by atoms with E-state index < -0.39 is 0 Å². The number of aliphatic imine (C=N–C) groups is 1. The highest BCUT2D eigenvalue weighted by Crippen LogP contribution is 1.65. The fraction of sp³-hybridized carbons (Fsp3) is 0.250. The lowest BCUT2D eigenvalue weighted by atomic mass is 10.6. The molecule has 0 aromatic carbocycles. The third kappa shape index (κ3) is 1.10. The molecule has 0 saturated carbocycles. The maximum atomic E-state index is 10.3. The fourth-order valence-electron chi connectivity index (χ4n) is 0.407. The molecule has 3 heteroatoms. The molecule has 38 valence electrons. The lowest BCUT2D eigenvalue weighted by Gasteiger charge is -2.14. The van der Waals surface area contributed by atoms with Crippen LogP contribution in [0.1, 0.15) is 0 Å². The van der Waals surface area contributed by atoms with E-state index in [9.17, 15) is 5.21 Å². The van der Waals surface area contributed by atoms with Gasteiger partial charge in [0.25, 0.3) is 0 Å². The minimum absolute atomic E-state index is 0.0856. The summed E-state index contributed by atoms with van der Waals surface area (Å²) >= 11 is 0. The lowest BCUT2D eigenvalue weighted by molar-refractivity contribution is -0.790. The molecule has 1 N–H and O–H groups in total. The van der Waals surface area contributed by atoms with Gasteiger partial charge in [0.2, 0.25) is 0 Å². The molecule has 0 aliphatic carbocycles. The molecule has 0 aromatic heterocycles. The van der Waals surface area contributed by atoms with Gasteiger partial charge in [-0.05, 0) is 0 Å². The van der Waals surface area contributed by atoms with Gasteiger partial charge in [-0.25, -0.2) is 4.99 Å². The van der Waals surface area contributed by atoms with Crippen LogP contribution in [-0.4, -0.2) is 12.9 Å². The highest BCUT2D eigenvalue weighted by atomic mass is 16.5. The zero-order valence-electron chi connectivity index (χ0n) is 3.79. The number of hydroxylamine groups is 2. The molecule has 0 saturated heterocycles. The van der Waals surface area contributed by atoms with Crippen molar-refractivity contribution in [2.45, 2.75) is 0 Å². The Labute approximate surface area is 41.5 Å². The molecule has 1 unspecified atom stereocenters. The van der Waals surface area contributed by atoms with E-state index in [2.05, 4.69) is 4.99 Å². The van der Waals surface area contributed by atoms with Crippen LogP contribution in [0.3, 0.4) is 0 Å². The first kappa shape index (κ1) is 4.49. The minimum Gasteiger partial charge on any atom is -0.628 e. The van der Waals surface area contributed by atoms with Crippen LogP contribution in [0.2, 0.25) is 0 Å². The Morgan fingerprint density at radius 1 is 1.71 bits per heavy atom. The van der Waals surface area contributed by atoms with Gasteiger partial charge in [0, 0.05) is 12.3 Å². The average Bonchev–Trinajstić information content (AvgIpc) is 1.69. The number of quaternary nitrogens is 1. The third-order valence-corrected chi connectivity index (χ3v) is 0.721. The van der Waals surface area contributed by atoms with Crippen LogP contribution in [-0.2, 0) is 0 Å². The average molecular weight is 98.1 g/mol. The van der Waals surface area contributed by atoms with Crippen molar-refractivity contribution in [1.29, 1.82) is 0 Å². The van der Waals surface area contributed by atoms with E-state index >= 15 is 0 Å². The number of hydrogen-bond donors (Lipinski definition) is 1. The zero-order valence-corrected chi connectivity index (χ0v) is 3.79. The zero-order chi connectivity index (χ0) is 5.11. The Kier molecular flexibility index (Phi) is 1.19. The van der Waals surface area contributed by atoms with Gasteiger partial charge in [0.15, 0.2) is 6.67 Å². The smallest absolute Gasteiger partial charge is 0.174 e. The normalized spacial score (nSPS) is 28.4. The molecule has 1 rings (SSSR count). The number of rotatable bonds is 0. The summed E-state index contributed by atoms with van der Waals surface area (Å²) in [7, 11) is 0. The number of allylic oxidation sites excluding steroid dienone is 1. The van der Waals surface area contributed by atoms with Crippen LogP contribution in [0.4, 0.5) is 0 Å². The molecule has 3 nitrogen and oxygen atoms in total. The fourth-order valence-corrected chi connectivity index (χ4v) is 0.407. The van der Waals surface area contributed by atoms with Gasteiger partial charge in [0.05, 0.1) is 6.20 Å². The van der Waals surface area contributed by atoms with Crippen LogP contribution in [0.25, 0.3) is 0 Å². The molecular formula is C4H6N2O. The Bertz CT molecular complexity index is 108. The first-order chi connectivity index (χ1) is 3.39. The first-order valence-corrected chi connectivity index (χ1v) is 2.09. The van der Waals surface area contributed by atoms with Crippen molar-refractivity contribution in [2.75, 3.05) is 6.67 Å². The van der Waals surface area contributed by atoms with Gasteiger partial charge in [-0.2, -0.15) is 0 Å². The summed E-state index contributed by atoms with van der Waals surface area (Å²) in [5.41, 5.74) is 0. The Balaban J connectivity index is 2.49. The molecule has 0 radical (unpaired) electrons. The third-order valence-electron chi connectivity index (χ3n) is 0.721. The summed E-state index contributed by atoms with van der Waals surface area (Å²) in [6.45, 7) is 0.330. The van der Waals surface area contributed by atoms with Crippen LogP contribution in [0.5, 0.6) is 0 Å². The van der Waals surface area contributed by atoms with E-state index in [0.29, 0.717) is 6.67 Å². The second-order valence-corrected chi connectivity index (χ2v) is 1.32. The van der Waals surface area contributed by atoms with Gasteiger partial charge in [-0.15, -0.1) is 0 Å². The molecule has 0 bridgehead atoms. The molecule has 7 heavy (non-hydrogen) atoms. The summed E-state index contributed by atoms with van der Waals surface area (Å²) in [4.78, 5) is 3.70. The summed E-state index contributed by atoms with van der Waals surface area (Å²) < 4.78 is 0. The van der Waals surface area contributed by atoms with Crippen molar-refractivity contribution in [3.05, 3.63) is 17.5 Å². The molecule has 1 heterocycles. The van der Waals surface area contributed by atoms with Gasteiger partial charge in [-0.1, -0.05) is 0 Å². The predicted octanol–water partition coefficient (Wildman–Crippen LogP) is -1.08. The maximum absolute atomic E-state index is 10.3. The molecule has 0 amide bonds. The summed E-state index contributed by atoms with van der Waals surface area (Å²) in [5, 5.41) is 10.3. The highest BCUT2D eigenvalue weighted by Gasteiger charge is 1.87. The highest BCUT2D eigenvalue weighted by molar-refractivity contribution is 5.70. The van der Waals surface area contributed by atoms with Crippen LogP contribution >= 0.6 is 0 Å². The number of hydrogen-bond acceptors (Lipinski definition) is 2. The van der Waals surface area contributed by atoms with Crippen LogP contribution < -0.4 is 5.06 Å². The molecule has 0 spiro atoms. The summed E-state index contributed by atoms with van der Waals surface area (Å²) in [5.74, 6) is 0. The molecule has 1 aliphatic heterocycles. The predicted molar refractivity (Wildman–Crippen MR) is 26.8 cm³/mol. The molecular weight excluding hydrogens is 92.1 g/mol. The SMILES string of the molecule is [O-][NH+]1C=CC=NC1. The van der Waals surface area contributed by atoms with Crippen molar-refractivity contribution in [3.8, 4) is 0 Å². The Hall–Kier alpha value is -0.670. The molecule has 1 aliphatic rings. The minimum atomic E-state index is 0.0856. The summed E-state index contributed by atoms with van der Waals surface area (Å²) in [6.07, 6.45) is 4.79. The van der Waals surface area contributed by atoms with Crippen molar-refractivity contribution >= 4 is 6.21 Å². The van der Waals surface area contributed by atoms with Gasteiger partial charge >= 0.3 is 0 Å². The van der Waals surface area contributed by atoms with E-state index in [-0.39, 0.29) is 5.06 Å². The monoisotopic (exact) mass is 98.0 g/mol. The van der Waals surface area contributed by atoms with E-state index in [4.69, 9.17) is 0 Å². The molecule has 1 atom stereocenters. The summed E-state index contributed by atoms with van der Waals surface area (Å²) in [6, 6.07) is 0. The quantitative estimate of drug-likeness (QED) is 0.385. The van der Waals surface area contributed by atoms with Crippen molar-refractivity contribution < 1.29 is 5.06 Å². The van der Waals surface area contributed by atoms with Crippen LogP contribution in [0, 0.1) is 5.21 Å². The van der Waals surface area contributed by atoms with Crippen molar-refractivity contribution in [3.63, 3.8) is 0 Å². The lowest BCUT2D eigenvalue weighted by Crippen LogP contribution is -3.02. The standard InChI is InChI=1S/C4H6N2O/c7-6-3-1-2-5-4-6/h1-3,6H,4H2. The van der Waals surface area contributed by atoms with Crippen molar-refractivity contribution in [1.82, 2.24) is 0 Å². The second-order valence-electron chi connectivity index (χ2n) is 1.32. The van der Waals surface area contributed by atoms with E-state index in [0.717, 1.165) is 0 Å². The van der Waals surface area contributed by atoms with E-state index in [1.165, 1.54) is 6.20 Å². The second kappa shape index (κ2) is 1.86. The van der Waals surface area contributed by atoms with E-state index in [1.54, 1.807) is 12.3 Å². The molecule has 0 fully saturated rings. The molecule has 0 aromatic rings. The van der Waals surface area contributed by atoms with Gasteiger partial charge < -0.3 is 10.3 Å². The first-order valence-electron chi connectivity index (χ1n) is 2.09. The maximum Gasteiger partial charge on any atom is 0.174 e. The van der Waals surface area contributed by atoms with Gasteiger partial charge in [-0.3, -0.25) is 0 Å². The number of nitrogens with one attached hydrogen (secondary N) is 1. The topological polar surface area (TPSA) is 39.9 Å². The number of nitrogens with zero attached hydrogens (tertiary/aromatic N) is 1. The van der Waals surface area contributed by atoms with Crippen molar-refractivity contribution in [2.24, 2.45) is 4.99 Å². The Morgan fingerprint density at radius 2 is 2.57 bits per heavy atom. The van der Waals surface area contributed by atoms with Crippen LogP contribution in [0.15, 0.2) is 17.3 Å².